The van der Waals surface area contributed by atoms with Gasteiger partial charge < -0.3 is 9.84 Å². The molecular formula is C12H11F3O3. The normalized spacial score (nSPS) is 11.8. The molecule has 0 aliphatic rings. The quantitative estimate of drug-likeness (QED) is 0.845. The van der Waals surface area contributed by atoms with Gasteiger partial charge in [0.2, 0.25) is 0 Å². The van der Waals surface area contributed by atoms with Crippen LogP contribution in [-0.4, -0.2) is 17.4 Å². The van der Waals surface area contributed by atoms with Crippen molar-refractivity contribution in [1.29, 1.82) is 0 Å². The molecule has 18 heavy (non-hydrogen) atoms. The fourth-order valence-corrected chi connectivity index (χ4v) is 1.42. The summed E-state index contributed by atoms with van der Waals surface area (Å²) in [5.74, 6) is -1.60. The maximum Gasteiger partial charge on any atom is 0.573 e. The van der Waals surface area contributed by atoms with Crippen LogP contribution in [0.25, 0.3) is 6.08 Å². The van der Waals surface area contributed by atoms with E-state index in [4.69, 9.17) is 5.11 Å². The fourth-order valence-electron chi connectivity index (χ4n) is 1.42. The molecule has 3 nitrogen and oxygen atoms in total. The molecule has 0 bridgehead atoms. The summed E-state index contributed by atoms with van der Waals surface area (Å²) in [5, 5.41) is 8.47. The van der Waals surface area contributed by atoms with Crippen molar-refractivity contribution in [2.45, 2.75) is 19.7 Å². The third-order valence-electron chi connectivity index (χ3n) is 2.13. The van der Waals surface area contributed by atoms with Gasteiger partial charge in [-0.05, 0) is 18.1 Å². The Balaban J connectivity index is 3.20. The zero-order valence-electron chi connectivity index (χ0n) is 9.49. The zero-order chi connectivity index (χ0) is 13.8. The van der Waals surface area contributed by atoms with Gasteiger partial charge in [0, 0.05) is 11.6 Å². The van der Waals surface area contributed by atoms with Crippen molar-refractivity contribution >= 4 is 12.0 Å². The highest BCUT2D eigenvalue weighted by Crippen LogP contribution is 2.31. The van der Waals surface area contributed by atoms with Crippen molar-refractivity contribution in [2.75, 3.05) is 0 Å². The average Bonchev–Trinajstić information content (AvgIpc) is 2.25. The zero-order valence-corrected chi connectivity index (χ0v) is 9.49. The molecule has 1 aromatic rings. The molecular weight excluding hydrogens is 249 g/mol. The highest BCUT2D eigenvalue weighted by atomic mass is 19.4. The Morgan fingerprint density at radius 1 is 1.44 bits per heavy atom. The molecule has 0 fully saturated rings. The van der Waals surface area contributed by atoms with Gasteiger partial charge in [0.25, 0.3) is 0 Å². The molecule has 0 radical (unpaired) electrons. The number of hydrogen-bond acceptors (Lipinski definition) is 2. The molecule has 0 heterocycles. The molecule has 0 aliphatic heterocycles. The third kappa shape index (κ3) is 4.12. The van der Waals surface area contributed by atoms with Gasteiger partial charge in [-0.25, -0.2) is 4.79 Å². The van der Waals surface area contributed by atoms with E-state index in [1.165, 1.54) is 12.1 Å². The number of alkyl halides is 3. The Bertz CT molecular complexity index is 464. The molecule has 0 saturated heterocycles. The number of aliphatic carboxylic acids is 1. The lowest BCUT2D eigenvalue weighted by Crippen LogP contribution is -2.18. The lowest BCUT2D eigenvalue weighted by atomic mass is 10.1. The van der Waals surface area contributed by atoms with Crippen molar-refractivity contribution in [3.63, 3.8) is 0 Å². The van der Waals surface area contributed by atoms with Gasteiger partial charge in [0.05, 0.1) is 0 Å². The second-order valence-corrected chi connectivity index (χ2v) is 3.41. The predicted octanol–water partition coefficient (Wildman–Crippen LogP) is 3.25. The molecule has 0 unspecified atom stereocenters. The summed E-state index contributed by atoms with van der Waals surface area (Å²) in [6.45, 7) is 1.68. The van der Waals surface area contributed by atoms with Crippen molar-refractivity contribution in [3.8, 4) is 5.75 Å². The standard InChI is InChI=1S/C12H11F3O3/c1-2-8-4-3-5-9(6-7-10(16)17)11(8)18-12(13,14)15/h3-7H,2H2,1H3,(H,16,17)/b7-6+. The smallest absolute Gasteiger partial charge is 0.478 e. The second kappa shape index (κ2) is 5.57. The van der Waals surface area contributed by atoms with Crippen LogP contribution in [0.1, 0.15) is 18.1 Å². The number of carboxylic acid groups (broad SMARTS) is 1. The van der Waals surface area contributed by atoms with Crippen LogP contribution >= 0.6 is 0 Å². The molecule has 0 aliphatic carbocycles. The maximum absolute atomic E-state index is 12.3. The Labute approximate surface area is 101 Å². The Morgan fingerprint density at radius 2 is 2.11 bits per heavy atom. The fraction of sp³-hybridized carbons (Fsp3) is 0.250. The van der Waals surface area contributed by atoms with Crippen LogP contribution in [0.2, 0.25) is 0 Å². The van der Waals surface area contributed by atoms with Gasteiger partial charge in [-0.15, -0.1) is 13.2 Å². The summed E-state index contributed by atoms with van der Waals surface area (Å²) in [6.07, 6.45) is -2.63. The van der Waals surface area contributed by atoms with E-state index in [1.54, 1.807) is 13.0 Å². The SMILES string of the molecule is CCc1cccc(/C=C/C(=O)O)c1OC(F)(F)F. The van der Waals surface area contributed by atoms with Crippen LogP contribution in [0, 0.1) is 0 Å². The van der Waals surface area contributed by atoms with Gasteiger partial charge >= 0.3 is 12.3 Å². The van der Waals surface area contributed by atoms with E-state index < -0.39 is 12.3 Å². The molecule has 1 N–H and O–H groups in total. The second-order valence-electron chi connectivity index (χ2n) is 3.41. The van der Waals surface area contributed by atoms with Crippen LogP contribution in [0.15, 0.2) is 24.3 Å². The van der Waals surface area contributed by atoms with E-state index in [2.05, 4.69) is 4.74 Å². The Hall–Kier alpha value is -1.98. The molecule has 1 aromatic carbocycles. The largest absolute Gasteiger partial charge is 0.573 e. The van der Waals surface area contributed by atoms with Crippen LogP contribution in [0.3, 0.4) is 0 Å². The number of para-hydroxylation sites is 1. The first kappa shape index (κ1) is 14.1. The van der Waals surface area contributed by atoms with E-state index in [9.17, 15) is 18.0 Å². The van der Waals surface area contributed by atoms with E-state index in [0.29, 0.717) is 12.0 Å². The van der Waals surface area contributed by atoms with Crippen LogP contribution in [0.5, 0.6) is 5.75 Å². The predicted molar refractivity (Wildman–Crippen MR) is 59.2 cm³/mol. The minimum atomic E-state index is -4.81. The summed E-state index contributed by atoms with van der Waals surface area (Å²) < 4.78 is 40.8. The summed E-state index contributed by atoms with van der Waals surface area (Å²) in [4.78, 5) is 10.4. The van der Waals surface area contributed by atoms with E-state index in [-0.39, 0.29) is 11.3 Å². The van der Waals surface area contributed by atoms with Gasteiger partial charge in [-0.1, -0.05) is 25.1 Å². The minimum absolute atomic E-state index is 0.0778. The minimum Gasteiger partial charge on any atom is -0.478 e. The lowest BCUT2D eigenvalue weighted by molar-refractivity contribution is -0.275. The monoisotopic (exact) mass is 260 g/mol. The van der Waals surface area contributed by atoms with Crippen molar-refractivity contribution in [2.24, 2.45) is 0 Å². The first-order valence-electron chi connectivity index (χ1n) is 5.12. The molecule has 0 saturated carbocycles. The third-order valence-corrected chi connectivity index (χ3v) is 2.13. The first-order valence-corrected chi connectivity index (χ1v) is 5.12. The number of ether oxygens (including phenoxy) is 1. The van der Waals surface area contributed by atoms with E-state index in [1.807, 2.05) is 0 Å². The number of hydrogen-bond donors (Lipinski definition) is 1. The van der Waals surface area contributed by atoms with Crippen LogP contribution in [0.4, 0.5) is 13.2 Å². The summed E-state index contributed by atoms with van der Waals surface area (Å²) in [5.41, 5.74) is 0.439. The number of aryl methyl sites for hydroxylation is 1. The van der Waals surface area contributed by atoms with Crippen molar-refractivity contribution in [3.05, 3.63) is 35.4 Å². The van der Waals surface area contributed by atoms with Gasteiger partial charge in [0.15, 0.2) is 0 Å². The summed E-state index contributed by atoms with van der Waals surface area (Å²) >= 11 is 0. The molecule has 6 heteroatoms. The van der Waals surface area contributed by atoms with Crippen LogP contribution < -0.4 is 4.74 Å². The molecule has 0 amide bonds. The lowest BCUT2D eigenvalue weighted by Gasteiger charge is -2.14. The number of benzene rings is 1. The molecule has 1 rings (SSSR count). The molecule has 0 atom stereocenters. The van der Waals surface area contributed by atoms with Crippen LogP contribution in [-0.2, 0) is 11.2 Å². The van der Waals surface area contributed by atoms with Crippen molar-refractivity contribution < 1.29 is 27.8 Å². The molecule has 98 valence electrons. The molecule has 0 spiro atoms. The number of carbonyl (C=O) groups is 1. The van der Waals surface area contributed by atoms with Gasteiger partial charge in [0.1, 0.15) is 5.75 Å². The van der Waals surface area contributed by atoms with Gasteiger partial charge in [-0.2, -0.15) is 0 Å². The number of rotatable bonds is 4. The van der Waals surface area contributed by atoms with E-state index >= 15 is 0 Å². The Kier molecular flexibility index (Phi) is 4.36. The summed E-state index contributed by atoms with van der Waals surface area (Å²) in [6, 6.07) is 4.41. The van der Waals surface area contributed by atoms with E-state index in [0.717, 1.165) is 12.2 Å². The Morgan fingerprint density at radius 3 is 2.61 bits per heavy atom. The first-order chi connectivity index (χ1) is 8.33. The average molecular weight is 260 g/mol. The van der Waals surface area contributed by atoms with Crippen molar-refractivity contribution in [1.82, 2.24) is 0 Å². The molecule has 0 aromatic heterocycles. The highest BCUT2D eigenvalue weighted by molar-refractivity contribution is 5.86. The van der Waals surface area contributed by atoms with Gasteiger partial charge in [-0.3, -0.25) is 0 Å². The topological polar surface area (TPSA) is 46.5 Å². The number of carboxylic acids is 1. The highest BCUT2D eigenvalue weighted by Gasteiger charge is 2.32. The maximum atomic E-state index is 12.3. The number of halogens is 3. The summed E-state index contributed by atoms with van der Waals surface area (Å²) in [7, 11) is 0.